The maximum atomic E-state index is 13.5. The number of methoxy groups -OCH3 is 4. The number of hydrogen-bond acceptors (Lipinski definition) is 8. The topological polar surface area (TPSA) is 105 Å². The molecule has 1 unspecified atom stereocenters. The van der Waals surface area contributed by atoms with E-state index >= 15 is 0 Å². The van der Waals surface area contributed by atoms with Crippen molar-refractivity contribution in [1.29, 1.82) is 0 Å². The summed E-state index contributed by atoms with van der Waals surface area (Å²) in [7, 11) is 6.06. The Hall–Kier alpha value is -4.66. The van der Waals surface area contributed by atoms with Crippen molar-refractivity contribution in [1.82, 2.24) is 0 Å². The number of amides is 1. The van der Waals surface area contributed by atoms with E-state index in [4.69, 9.17) is 28.1 Å². The standard InChI is InChI=1S/C28H27NO8/c1-16(28(31)29-20-12-11-18(32-2)15-23(20)34-4)36-27-25(30)19-8-6-7-9-21(19)37-26(27)17-10-13-22(33-3)24(14-17)35-5/h6-16H,1-5H3,(H,29,31). The number of ether oxygens (including phenoxy) is 5. The highest BCUT2D eigenvalue weighted by Crippen LogP contribution is 2.37. The molecule has 0 radical (unpaired) electrons. The summed E-state index contributed by atoms with van der Waals surface area (Å²) in [4.78, 5) is 26.5. The van der Waals surface area contributed by atoms with Crippen LogP contribution in [-0.2, 0) is 4.79 Å². The van der Waals surface area contributed by atoms with Crippen LogP contribution in [-0.4, -0.2) is 40.5 Å². The third-order valence-electron chi connectivity index (χ3n) is 5.73. The quantitative estimate of drug-likeness (QED) is 0.342. The van der Waals surface area contributed by atoms with Crippen molar-refractivity contribution in [3.05, 3.63) is 70.9 Å². The van der Waals surface area contributed by atoms with Gasteiger partial charge >= 0.3 is 0 Å². The second kappa shape index (κ2) is 10.9. The number of anilines is 1. The molecule has 192 valence electrons. The van der Waals surface area contributed by atoms with E-state index in [1.165, 1.54) is 28.4 Å². The Bertz CT molecular complexity index is 1490. The predicted molar refractivity (Wildman–Crippen MR) is 139 cm³/mol. The van der Waals surface area contributed by atoms with Crippen molar-refractivity contribution < 1.29 is 32.9 Å². The summed E-state index contributed by atoms with van der Waals surface area (Å²) in [5, 5.41) is 3.09. The van der Waals surface area contributed by atoms with E-state index < -0.39 is 17.4 Å². The molecule has 0 aliphatic rings. The second-order valence-electron chi connectivity index (χ2n) is 7.97. The molecule has 0 aliphatic carbocycles. The molecule has 1 aromatic heterocycles. The third kappa shape index (κ3) is 5.16. The molecule has 9 nitrogen and oxygen atoms in total. The van der Waals surface area contributed by atoms with Gasteiger partial charge in [-0.1, -0.05) is 12.1 Å². The number of benzene rings is 3. The summed E-state index contributed by atoms with van der Waals surface area (Å²) in [6, 6.07) is 16.9. The van der Waals surface area contributed by atoms with Crippen molar-refractivity contribution in [3.63, 3.8) is 0 Å². The van der Waals surface area contributed by atoms with Gasteiger partial charge in [-0.3, -0.25) is 9.59 Å². The van der Waals surface area contributed by atoms with E-state index in [1.807, 2.05) is 0 Å². The van der Waals surface area contributed by atoms with Crippen LogP contribution >= 0.6 is 0 Å². The summed E-state index contributed by atoms with van der Waals surface area (Å²) in [6.45, 7) is 1.54. The average Bonchev–Trinajstić information content (AvgIpc) is 2.94. The monoisotopic (exact) mass is 505 g/mol. The number of rotatable bonds is 9. The van der Waals surface area contributed by atoms with Gasteiger partial charge in [0.2, 0.25) is 11.2 Å². The summed E-state index contributed by atoms with van der Waals surface area (Å²) >= 11 is 0. The minimum absolute atomic E-state index is 0.102. The van der Waals surface area contributed by atoms with Gasteiger partial charge in [0, 0.05) is 11.6 Å². The summed E-state index contributed by atoms with van der Waals surface area (Å²) in [6.07, 6.45) is -1.06. The van der Waals surface area contributed by atoms with Crippen LogP contribution in [0.1, 0.15) is 6.92 Å². The lowest BCUT2D eigenvalue weighted by molar-refractivity contribution is -0.122. The zero-order valence-electron chi connectivity index (χ0n) is 21.1. The number of para-hydroxylation sites is 1. The molecular weight excluding hydrogens is 478 g/mol. The molecule has 0 fully saturated rings. The Balaban J connectivity index is 1.73. The Labute approximate surface area is 213 Å². The zero-order valence-corrected chi connectivity index (χ0v) is 21.1. The van der Waals surface area contributed by atoms with Crippen molar-refractivity contribution >= 4 is 22.6 Å². The normalized spacial score (nSPS) is 11.5. The lowest BCUT2D eigenvalue weighted by Gasteiger charge is -2.18. The lowest BCUT2D eigenvalue weighted by atomic mass is 10.1. The molecule has 0 aliphatic heterocycles. The lowest BCUT2D eigenvalue weighted by Crippen LogP contribution is -2.32. The molecule has 4 rings (SSSR count). The first-order valence-electron chi connectivity index (χ1n) is 11.4. The van der Waals surface area contributed by atoms with Crippen LogP contribution in [0.3, 0.4) is 0 Å². The van der Waals surface area contributed by atoms with Crippen molar-refractivity contribution in [3.8, 4) is 40.1 Å². The van der Waals surface area contributed by atoms with Gasteiger partial charge in [0.25, 0.3) is 5.91 Å². The number of carbonyl (C=O) groups is 1. The first kappa shape index (κ1) is 25.4. The maximum absolute atomic E-state index is 13.5. The minimum atomic E-state index is -1.06. The third-order valence-corrected chi connectivity index (χ3v) is 5.73. The van der Waals surface area contributed by atoms with Crippen molar-refractivity contribution in [2.24, 2.45) is 0 Å². The van der Waals surface area contributed by atoms with E-state index in [0.29, 0.717) is 45.2 Å². The molecular formula is C28H27NO8. The number of carbonyl (C=O) groups excluding carboxylic acids is 1. The number of hydrogen-bond donors (Lipinski definition) is 1. The van der Waals surface area contributed by atoms with Gasteiger partial charge in [0.15, 0.2) is 23.4 Å². The predicted octanol–water partition coefficient (Wildman–Crippen LogP) is 4.90. The fourth-order valence-corrected chi connectivity index (χ4v) is 3.77. The molecule has 1 atom stereocenters. The van der Waals surface area contributed by atoms with Gasteiger partial charge in [-0.2, -0.15) is 0 Å². The fraction of sp³-hybridized carbons (Fsp3) is 0.214. The van der Waals surface area contributed by atoms with Crippen LogP contribution in [0, 0.1) is 0 Å². The molecule has 1 amide bonds. The maximum Gasteiger partial charge on any atom is 0.265 e. The molecule has 0 saturated carbocycles. The average molecular weight is 506 g/mol. The zero-order chi connectivity index (χ0) is 26.5. The molecule has 0 bridgehead atoms. The molecule has 1 heterocycles. The molecule has 37 heavy (non-hydrogen) atoms. The number of fused-ring (bicyclic) bond motifs is 1. The van der Waals surface area contributed by atoms with E-state index in [9.17, 15) is 9.59 Å². The largest absolute Gasteiger partial charge is 0.497 e. The minimum Gasteiger partial charge on any atom is -0.497 e. The van der Waals surface area contributed by atoms with Crippen molar-refractivity contribution in [2.45, 2.75) is 13.0 Å². The fourth-order valence-electron chi connectivity index (χ4n) is 3.77. The molecule has 9 heteroatoms. The van der Waals surface area contributed by atoms with Crippen LogP contribution in [0.4, 0.5) is 5.69 Å². The summed E-state index contributed by atoms with van der Waals surface area (Å²) in [5.41, 5.74) is 0.910. The van der Waals surface area contributed by atoms with E-state index in [-0.39, 0.29) is 11.5 Å². The molecule has 1 N–H and O–H groups in total. The first-order chi connectivity index (χ1) is 17.9. The molecule has 0 saturated heterocycles. The van der Waals surface area contributed by atoms with Gasteiger partial charge in [0.05, 0.1) is 39.5 Å². The van der Waals surface area contributed by atoms with E-state index in [1.54, 1.807) is 67.6 Å². The number of nitrogens with one attached hydrogen (secondary N) is 1. The Morgan fingerprint density at radius 2 is 1.57 bits per heavy atom. The first-order valence-corrected chi connectivity index (χ1v) is 11.4. The smallest absolute Gasteiger partial charge is 0.265 e. The molecule has 4 aromatic rings. The van der Waals surface area contributed by atoms with E-state index in [2.05, 4.69) is 5.32 Å². The molecule has 0 spiro atoms. The van der Waals surface area contributed by atoms with Crippen LogP contribution in [0.2, 0.25) is 0 Å². The van der Waals surface area contributed by atoms with Gasteiger partial charge in [-0.15, -0.1) is 0 Å². The second-order valence-corrected chi connectivity index (χ2v) is 7.97. The van der Waals surface area contributed by atoms with Gasteiger partial charge < -0.3 is 33.4 Å². The van der Waals surface area contributed by atoms with Crippen LogP contribution in [0.5, 0.6) is 28.7 Å². The summed E-state index contributed by atoms with van der Waals surface area (Å²) < 4.78 is 33.3. The van der Waals surface area contributed by atoms with Crippen molar-refractivity contribution in [2.75, 3.05) is 33.8 Å². The Morgan fingerprint density at radius 3 is 2.27 bits per heavy atom. The van der Waals surface area contributed by atoms with Crippen LogP contribution in [0.15, 0.2) is 69.9 Å². The van der Waals surface area contributed by atoms with Crippen LogP contribution in [0.25, 0.3) is 22.3 Å². The van der Waals surface area contributed by atoms with E-state index in [0.717, 1.165) is 0 Å². The summed E-state index contributed by atoms with van der Waals surface area (Å²) in [5.74, 6) is 1.51. The SMILES string of the molecule is COc1ccc(NC(=O)C(C)Oc2c(-c3ccc(OC)c(OC)c3)oc3ccccc3c2=O)c(OC)c1. The van der Waals surface area contributed by atoms with Crippen LogP contribution < -0.4 is 34.4 Å². The molecule has 3 aromatic carbocycles. The Kier molecular flexibility index (Phi) is 7.52. The highest BCUT2D eigenvalue weighted by molar-refractivity contribution is 5.95. The van der Waals surface area contributed by atoms with Gasteiger partial charge in [-0.05, 0) is 49.4 Å². The van der Waals surface area contributed by atoms with Gasteiger partial charge in [0.1, 0.15) is 17.1 Å². The Morgan fingerprint density at radius 1 is 0.838 bits per heavy atom. The highest BCUT2D eigenvalue weighted by atomic mass is 16.5. The highest BCUT2D eigenvalue weighted by Gasteiger charge is 2.24. The van der Waals surface area contributed by atoms with Gasteiger partial charge in [-0.25, -0.2) is 0 Å².